The van der Waals surface area contributed by atoms with Crippen LogP contribution in [0.1, 0.15) is 25.7 Å². The summed E-state index contributed by atoms with van der Waals surface area (Å²) in [6.45, 7) is 0.767. The Kier molecular flexibility index (Phi) is 3.96. The third-order valence-electron chi connectivity index (χ3n) is 3.04. The maximum Gasteiger partial charge on any atom is 0.325 e. The van der Waals surface area contributed by atoms with Gasteiger partial charge in [-0.3, -0.25) is 14.5 Å². The van der Waals surface area contributed by atoms with Crippen LogP contribution < -0.4 is 4.90 Å². The molecule has 0 bridgehead atoms. The molecular formula is C12H18N4O2. The molecule has 1 aromatic rings. The van der Waals surface area contributed by atoms with Crippen molar-refractivity contribution in [2.75, 3.05) is 18.5 Å². The van der Waals surface area contributed by atoms with E-state index in [1.807, 2.05) is 11.9 Å². The average Bonchev–Trinajstić information content (AvgIpc) is 2.63. The van der Waals surface area contributed by atoms with Crippen molar-refractivity contribution in [3.8, 4) is 0 Å². The Hall–Kier alpha value is -1.85. The van der Waals surface area contributed by atoms with E-state index in [0.717, 1.165) is 37.3 Å². The standard InChI is InChI=1S/C12H18N4O2/c1-15(11-5-3-2-4-6-13-11)10-7-14-16(8-10)9-12(17)18/h7-8H,2-6,9H2,1H3,(H,17,18). The molecule has 6 heteroatoms. The molecule has 0 saturated heterocycles. The Bertz CT molecular complexity index is 453. The first-order valence-corrected chi connectivity index (χ1v) is 6.18. The lowest BCUT2D eigenvalue weighted by Crippen LogP contribution is -2.25. The van der Waals surface area contributed by atoms with E-state index in [9.17, 15) is 4.79 Å². The van der Waals surface area contributed by atoms with E-state index in [4.69, 9.17) is 5.11 Å². The summed E-state index contributed by atoms with van der Waals surface area (Å²) in [7, 11) is 1.95. The van der Waals surface area contributed by atoms with Crippen molar-refractivity contribution in [1.82, 2.24) is 9.78 Å². The molecule has 0 radical (unpaired) electrons. The van der Waals surface area contributed by atoms with Crippen LogP contribution in [-0.2, 0) is 11.3 Å². The number of carboxylic acids is 1. The third-order valence-corrected chi connectivity index (χ3v) is 3.04. The quantitative estimate of drug-likeness (QED) is 0.879. The van der Waals surface area contributed by atoms with Gasteiger partial charge in [-0.25, -0.2) is 0 Å². The molecule has 1 N–H and O–H groups in total. The van der Waals surface area contributed by atoms with Gasteiger partial charge in [0.05, 0.1) is 11.9 Å². The molecule has 98 valence electrons. The van der Waals surface area contributed by atoms with Gasteiger partial charge in [0.25, 0.3) is 0 Å². The summed E-state index contributed by atoms with van der Waals surface area (Å²) in [5, 5.41) is 12.7. The van der Waals surface area contributed by atoms with Crippen LogP contribution in [0.15, 0.2) is 17.4 Å². The van der Waals surface area contributed by atoms with Crippen molar-refractivity contribution in [3.63, 3.8) is 0 Å². The molecule has 0 atom stereocenters. The molecule has 0 saturated carbocycles. The number of anilines is 1. The number of amidine groups is 1. The summed E-state index contributed by atoms with van der Waals surface area (Å²) >= 11 is 0. The first-order chi connectivity index (χ1) is 8.66. The van der Waals surface area contributed by atoms with Gasteiger partial charge in [-0.1, -0.05) is 6.42 Å². The number of aliphatic imine (C=N–C) groups is 1. The molecule has 1 aliphatic heterocycles. The van der Waals surface area contributed by atoms with E-state index in [2.05, 4.69) is 10.1 Å². The summed E-state index contributed by atoms with van der Waals surface area (Å²) in [5.74, 6) is 0.168. The highest BCUT2D eigenvalue weighted by molar-refractivity contribution is 5.97. The third kappa shape index (κ3) is 3.09. The predicted molar refractivity (Wildman–Crippen MR) is 69.0 cm³/mol. The van der Waals surface area contributed by atoms with Crippen LogP contribution in [0.25, 0.3) is 0 Å². The zero-order valence-corrected chi connectivity index (χ0v) is 10.5. The van der Waals surface area contributed by atoms with Crippen molar-refractivity contribution in [2.24, 2.45) is 4.99 Å². The number of carbonyl (C=O) groups is 1. The number of hydrogen-bond acceptors (Lipinski definition) is 4. The van der Waals surface area contributed by atoms with Gasteiger partial charge in [-0.05, 0) is 12.8 Å². The Labute approximate surface area is 106 Å². The summed E-state index contributed by atoms with van der Waals surface area (Å²) in [5.41, 5.74) is 0.886. The summed E-state index contributed by atoms with van der Waals surface area (Å²) in [6, 6.07) is 0. The molecule has 0 spiro atoms. The molecule has 0 aromatic carbocycles. The van der Waals surface area contributed by atoms with E-state index >= 15 is 0 Å². The van der Waals surface area contributed by atoms with E-state index < -0.39 is 5.97 Å². The maximum absolute atomic E-state index is 10.6. The Morgan fingerprint density at radius 3 is 3.11 bits per heavy atom. The normalized spacial score (nSPS) is 15.9. The molecule has 0 aliphatic carbocycles. The lowest BCUT2D eigenvalue weighted by atomic mass is 10.2. The van der Waals surface area contributed by atoms with Crippen molar-refractivity contribution in [3.05, 3.63) is 12.4 Å². The molecular weight excluding hydrogens is 232 g/mol. The first kappa shape index (κ1) is 12.6. The molecule has 1 aromatic heterocycles. The van der Waals surface area contributed by atoms with Gasteiger partial charge in [0.15, 0.2) is 0 Å². The predicted octanol–water partition coefficient (Wildman–Crippen LogP) is 1.38. The van der Waals surface area contributed by atoms with Gasteiger partial charge in [0, 0.05) is 26.2 Å². The second-order valence-corrected chi connectivity index (χ2v) is 4.46. The van der Waals surface area contributed by atoms with Crippen molar-refractivity contribution in [2.45, 2.75) is 32.2 Å². The van der Waals surface area contributed by atoms with Crippen molar-refractivity contribution in [1.29, 1.82) is 0 Å². The average molecular weight is 250 g/mol. The van der Waals surface area contributed by atoms with Gasteiger partial charge in [0.1, 0.15) is 12.4 Å². The minimum atomic E-state index is -0.890. The molecule has 18 heavy (non-hydrogen) atoms. The van der Waals surface area contributed by atoms with Crippen LogP contribution >= 0.6 is 0 Å². The van der Waals surface area contributed by atoms with Gasteiger partial charge in [-0.15, -0.1) is 0 Å². The van der Waals surface area contributed by atoms with E-state index in [1.54, 1.807) is 12.4 Å². The zero-order chi connectivity index (χ0) is 13.0. The highest BCUT2D eigenvalue weighted by Gasteiger charge is 2.13. The number of aliphatic carboxylic acids is 1. The molecule has 0 amide bonds. The van der Waals surface area contributed by atoms with Crippen molar-refractivity contribution < 1.29 is 9.90 Å². The second kappa shape index (κ2) is 5.66. The fraction of sp³-hybridized carbons (Fsp3) is 0.583. The fourth-order valence-corrected chi connectivity index (χ4v) is 2.03. The van der Waals surface area contributed by atoms with Crippen LogP contribution in [0.5, 0.6) is 0 Å². The van der Waals surface area contributed by atoms with E-state index in [1.165, 1.54) is 11.1 Å². The van der Waals surface area contributed by atoms with Crippen LogP contribution in [0.2, 0.25) is 0 Å². The summed E-state index contributed by atoms with van der Waals surface area (Å²) in [4.78, 5) is 17.2. The number of hydrogen-bond donors (Lipinski definition) is 1. The Morgan fingerprint density at radius 1 is 1.50 bits per heavy atom. The molecule has 0 fully saturated rings. The van der Waals surface area contributed by atoms with Gasteiger partial charge in [-0.2, -0.15) is 5.10 Å². The number of nitrogens with zero attached hydrogens (tertiary/aromatic N) is 4. The minimum absolute atomic E-state index is 0.111. The van der Waals surface area contributed by atoms with Crippen LogP contribution in [0.3, 0.4) is 0 Å². The summed E-state index contributed by atoms with van der Waals surface area (Å²) in [6.07, 6.45) is 7.92. The molecule has 2 heterocycles. The van der Waals surface area contributed by atoms with Gasteiger partial charge in [0.2, 0.25) is 0 Å². The van der Waals surface area contributed by atoms with Gasteiger partial charge < -0.3 is 10.0 Å². The molecule has 6 nitrogen and oxygen atoms in total. The van der Waals surface area contributed by atoms with Crippen LogP contribution in [-0.4, -0.2) is 40.3 Å². The fourth-order valence-electron chi connectivity index (χ4n) is 2.03. The smallest absolute Gasteiger partial charge is 0.325 e. The molecule has 0 unspecified atom stereocenters. The highest BCUT2D eigenvalue weighted by Crippen LogP contribution is 2.16. The number of carboxylic acid groups (broad SMARTS) is 1. The largest absolute Gasteiger partial charge is 0.480 e. The summed E-state index contributed by atoms with van der Waals surface area (Å²) < 4.78 is 1.42. The van der Waals surface area contributed by atoms with Crippen LogP contribution in [0, 0.1) is 0 Å². The van der Waals surface area contributed by atoms with E-state index in [0.29, 0.717) is 0 Å². The SMILES string of the molecule is CN(C1=NCCCCC1)c1cnn(CC(=O)O)c1. The van der Waals surface area contributed by atoms with Crippen molar-refractivity contribution >= 4 is 17.5 Å². The molecule has 2 rings (SSSR count). The highest BCUT2D eigenvalue weighted by atomic mass is 16.4. The topological polar surface area (TPSA) is 70.7 Å². The Morgan fingerprint density at radius 2 is 2.33 bits per heavy atom. The zero-order valence-electron chi connectivity index (χ0n) is 10.5. The lowest BCUT2D eigenvalue weighted by molar-refractivity contribution is -0.137. The number of rotatable bonds is 3. The van der Waals surface area contributed by atoms with E-state index in [-0.39, 0.29) is 6.54 Å². The number of aromatic nitrogens is 2. The second-order valence-electron chi connectivity index (χ2n) is 4.46. The maximum atomic E-state index is 10.6. The first-order valence-electron chi connectivity index (χ1n) is 6.18. The lowest BCUT2D eigenvalue weighted by Gasteiger charge is -2.18. The Balaban J connectivity index is 2.07. The van der Waals surface area contributed by atoms with Crippen LogP contribution in [0.4, 0.5) is 5.69 Å². The monoisotopic (exact) mass is 250 g/mol. The minimum Gasteiger partial charge on any atom is -0.480 e. The molecule has 1 aliphatic rings. The van der Waals surface area contributed by atoms with Gasteiger partial charge >= 0.3 is 5.97 Å².